The predicted octanol–water partition coefficient (Wildman–Crippen LogP) is 4.76. The maximum absolute atomic E-state index is 4.81. The van der Waals surface area contributed by atoms with Crippen molar-refractivity contribution in [2.24, 2.45) is 0 Å². The zero-order valence-electron chi connectivity index (χ0n) is 16.7. The summed E-state index contributed by atoms with van der Waals surface area (Å²) < 4.78 is 2.11. The van der Waals surface area contributed by atoms with Gasteiger partial charge in [-0.3, -0.25) is 4.31 Å². The second-order valence-corrected chi connectivity index (χ2v) is 8.56. The van der Waals surface area contributed by atoms with Gasteiger partial charge in [-0.05, 0) is 73.6 Å². The molecule has 5 rings (SSSR count). The highest BCUT2D eigenvalue weighted by Gasteiger charge is 2.25. The van der Waals surface area contributed by atoms with E-state index in [0.29, 0.717) is 18.4 Å². The van der Waals surface area contributed by atoms with E-state index in [9.17, 15) is 0 Å². The highest BCUT2D eigenvalue weighted by Crippen LogP contribution is 2.44. The standard InChI is InChI=1S/C23H24N6S/c1-2-14-29-22-19(4-3-11-25-22)21-20(30-29)15-26-23(28-21)27-18-7-5-16(6-8-18)17-9-12-24-13-10-17/h2-8,11,15,17,24H,1,9-10,12-14H2,(H,26,27,28). The Morgan fingerprint density at radius 2 is 2.00 bits per heavy atom. The predicted molar refractivity (Wildman–Crippen MR) is 123 cm³/mol. The van der Waals surface area contributed by atoms with Gasteiger partial charge in [0, 0.05) is 30.2 Å². The summed E-state index contributed by atoms with van der Waals surface area (Å²) in [6, 6.07) is 12.7. The summed E-state index contributed by atoms with van der Waals surface area (Å²) in [6.07, 6.45) is 7.97. The fourth-order valence-corrected chi connectivity index (χ4v) is 4.99. The molecule has 0 radical (unpaired) electrons. The molecule has 3 aromatic rings. The molecule has 0 unspecified atom stereocenters. The number of hydrogen-bond acceptors (Lipinski definition) is 7. The molecule has 2 aliphatic rings. The van der Waals surface area contributed by atoms with Crippen LogP contribution in [0.2, 0.25) is 0 Å². The van der Waals surface area contributed by atoms with Crippen LogP contribution in [0.1, 0.15) is 24.3 Å². The normalized spacial score (nSPS) is 15.9. The van der Waals surface area contributed by atoms with Crippen LogP contribution in [-0.2, 0) is 0 Å². The van der Waals surface area contributed by atoms with Gasteiger partial charge in [-0.15, -0.1) is 6.58 Å². The lowest BCUT2D eigenvalue weighted by Gasteiger charge is -2.28. The fraction of sp³-hybridized carbons (Fsp3) is 0.261. The molecule has 0 spiro atoms. The first kappa shape index (κ1) is 19.1. The molecule has 1 fully saturated rings. The molecular weight excluding hydrogens is 392 g/mol. The van der Waals surface area contributed by atoms with Crippen LogP contribution in [0.5, 0.6) is 0 Å². The molecule has 2 aliphatic heterocycles. The molecule has 7 heteroatoms. The van der Waals surface area contributed by atoms with Crippen molar-refractivity contribution in [2.75, 3.05) is 29.3 Å². The van der Waals surface area contributed by atoms with Crippen molar-refractivity contribution in [1.82, 2.24) is 20.3 Å². The van der Waals surface area contributed by atoms with Crippen molar-refractivity contribution in [1.29, 1.82) is 0 Å². The van der Waals surface area contributed by atoms with Crippen molar-refractivity contribution in [2.45, 2.75) is 23.7 Å². The van der Waals surface area contributed by atoms with E-state index in [4.69, 9.17) is 4.98 Å². The Kier molecular flexibility index (Phi) is 5.38. The zero-order valence-corrected chi connectivity index (χ0v) is 17.5. The van der Waals surface area contributed by atoms with Crippen LogP contribution >= 0.6 is 11.9 Å². The monoisotopic (exact) mass is 416 g/mol. The second-order valence-electron chi connectivity index (χ2n) is 7.49. The number of pyridine rings is 1. The largest absolute Gasteiger partial charge is 0.324 e. The summed E-state index contributed by atoms with van der Waals surface area (Å²) in [6.45, 7) is 6.77. The molecule has 2 aromatic heterocycles. The summed E-state index contributed by atoms with van der Waals surface area (Å²) in [4.78, 5) is 14.9. The van der Waals surface area contributed by atoms with E-state index >= 15 is 0 Å². The van der Waals surface area contributed by atoms with E-state index in [1.54, 1.807) is 11.9 Å². The smallest absolute Gasteiger partial charge is 0.227 e. The first-order chi connectivity index (χ1) is 14.8. The van der Waals surface area contributed by atoms with Crippen molar-refractivity contribution in [3.8, 4) is 11.3 Å². The SMILES string of the molecule is C=CCN1Sc2cnc(Nc3ccc(C4CCNCC4)cc3)nc2-c2cccnc21. The van der Waals surface area contributed by atoms with Gasteiger partial charge < -0.3 is 10.6 Å². The summed E-state index contributed by atoms with van der Waals surface area (Å²) >= 11 is 1.60. The van der Waals surface area contributed by atoms with Crippen molar-refractivity contribution in [3.63, 3.8) is 0 Å². The van der Waals surface area contributed by atoms with E-state index in [0.717, 1.165) is 40.7 Å². The minimum Gasteiger partial charge on any atom is -0.324 e. The first-order valence-electron chi connectivity index (χ1n) is 10.3. The van der Waals surface area contributed by atoms with Gasteiger partial charge in [0.25, 0.3) is 0 Å². The maximum atomic E-state index is 4.81. The van der Waals surface area contributed by atoms with Gasteiger partial charge in [0.05, 0.1) is 10.6 Å². The van der Waals surface area contributed by atoms with Gasteiger partial charge in [0.1, 0.15) is 5.82 Å². The lowest BCUT2D eigenvalue weighted by atomic mass is 9.90. The lowest BCUT2D eigenvalue weighted by molar-refractivity contribution is 0.460. The third kappa shape index (κ3) is 3.78. The summed E-state index contributed by atoms with van der Waals surface area (Å²) in [5.41, 5.74) is 4.33. The van der Waals surface area contributed by atoms with Gasteiger partial charge in [0.2, 0.25) is 5.95 Å². The molecule has 1 aromatic carbocycles. The molecule has 6 nitrogen and oxygen atoms in total. The molecular formula is C23H24N6S. The molecule has 0 atom stereocenters. The average Bonchev–Trinajstić information content (AvgIpc) is 2.81. The number of benzene rings is 1. The topological polar surface area (TPSA) is 66.0 Å². The number of nitrogens with one attached hydrogen (secondary N) is 2. The molecule has 0 amide bonds. The number of piperidine rings is 1. The van der Waals surface area contributed by atoms with E-state index < -0.39 is 0 Å². The molecule has 4 heterocycles. The van der Waals surface area contributed by atoms with Gasteiger partial charge in [0.15, 0.2) is 0 Å². The maximum Gasteiger partial charge on any atom is 0.227 e. The summed E-state index contributed by atoms with van der Waals surface area (Å²) in [7, 11) is 0. The van der Waals surface area contributed by atoms with Crippen LogP contribution < -0.4 is 14.9 Å². The Bertz CT molecular complexity index is 1050. The minimum atomic E-state index is 0.593. The van der Waals surface area contributed by atoms with Crippen molar-refractivity contribution < 1.29 is 0 Å². The number of aromatic nitrogens is 3. The number of anilines is 3. The highest BCUT2D eigenvalue weighted by atomic mass is 32.2. The molecule has 0 aliphatic carbocycles. The highest BCUT2D eigenvalue weighted by molar-refractivity contribution is 8.00. The Morgan fingerprint density at radius 1 is 1.17 bits per heavy atom. The fourth-order valence-electron chi connectivity index (χ4n) is 4.00. The van der Waals surface area contributed by atoms with Crippen LogP contribution in [-0.4, -0.2) is 34.6 Å². The first-order valence-corrected chi connectivity index (χ1v) is 11.1. The minimum absolute atomic E-state index is 0.593. The molecule has 0 saturated carbocycles. The van der Waals surface area contributed by atoms with Crippen molar-refractivity contribution in [3.05, 3.63) is 67.0 Å². The Morgan fingerprint density at radius 3 is 2.80 bits per heavy atom. The molecule has 30 heavy (non-hydrogen) atoms. The van der Waals surface area contributed by atoms with Gasteiger partial charge >= 0.3 is 0 Å². The summed E-state index contributed by atoms with van der Waals surface area (Å²) in [5.74, 6) is 2.15. The molecule has 2 N–H and O–H groups in total. The molecule has 1 saturated heterocycles. The third-order valence-corrected chi connectivity index (χ3v) is 6.55. The van der Waals surface area contributed by atoms with Crippen LogP contribution in [0.15, 0.2) is 66.3 Å². The molecule has 152 valence electrons. The van der Waals surface area contributed by atoms with E-state index in [2.05, 4.69) is 61.8 Å². The van der Waals surface area contributed by atoms with Crippen LogP contribution in [0.4, 0.5) is 17.5 Å². The number of rotatable bonds is 5. The van der Waals surface area contributed by atoms with Crippen LogP contribution in [0.25, 0.3) is 11.3 Å². The van der Waals surface area contributed by atoms with Crippen molar-refractivity contribution >= 4 is 29.4 Å². The van der Waals surface area contributed by atoms with Crippen LogP contribution in [0, 0.1) is 0 Å². The Labute approximate surface area is 181 Å². The quantitative estimate of drug-likeness (QED) is 0.459. The number of hydrogen-bond donors (Lipinski definition) is 2. The third-order valence-electron chi connectivity index (χ3n) is 5.51. The number of nitrogens with zero attached hydrogens (tertiary/aromatic N) is 4. The second kappa shape index (κ2) is 8.45. The van der Waals surface area contributed by atoms with Gasteiger partial charge in [-0.25, -0.2) is 15.0 Å². The van der Waals surface area contributed by atoms with E-state index in [1.165, 1.54) is 18.4 Å². The molecule has 0 bridgehead atoms. The van der Waals surface area contributed by atoms with Gasteiger partial charge in [-0.1, -0.05) is 18.2 Å². The Hall–Kier alpha value is -2.90. The number of fused-ring (bicyclic) bond motifs is 3. The zero-order chi connectivity index (χ0) is 20.3. The van der Waals surface area contributed by atoms with E-state index in [-0.39, 0.29) is 0 Å². The summed E-state index contributed by atoms with van der Waals surface area (Å²) in [5, 5.41) is 6.78. The Balaban J connectivity index is 1.38. The average molecular weight is 417 g/mol. The van der Waals surface area contributed by atoms with Crippen LogP contribution in [0.3, 0.4) is 0 Å². The lowest BCUT2D eigenvalue weighted by Crippen LogP contribution is -2.26. The van der Waals surface area contributed by atoms with Gasteiger partial charge in [-0.2, -0.15) is 0 Å². The van der Waals surface area contributed by atoms with E-state index in [1.807, 2.05) is 24.5 Å².